The van der Waals surface area contributed by atoms with Gasteiger partial charge in [-0.3, -0.25) is 14.4 Å². The maximum Gasteiger partial charge on any atom is 0.325 e. The van der Waals surface area contributed by atoms with E-state index in [4.69, 9.17) is 15.6 Å². The van der Waals surface area contributed by atoms with Crippen LogP contribution in [0, 0.1) is 0 Å². The number of unbranched alkanes of at least 4 members (excludes halogenated alkanes) is 1. The normalized spacial score (nSPS) is 32.2. The molecule has 8 atom stereocenters. The van der Waals surface area contributed by atoms with E-state index < -0.39 is 66.8 Å². The summed E-state index contributed by atoms with van der Waals surface area (Å²) in [6.07, 6.45) is -3.58. The van der Waals surface area contributed by atoms with Gasteiger partial charge in [0.15, 0.2) is 5.79 Å². The number of amides is 2. The molecule has 14 heteroatoms. The molecule has 208 valence electrons. The predicted octanol–water partition coefficient (Wildman–Crippen LogP) is -3.79. The van der Waals surface area contributed by atoms with E-state index in [1.54, 1.807) is 0 Å². The molecule has 2 heterocycles. The highest BCUT2D eigenvalue weighted by molar-refractivity contribution is 5.92. The molecule has 0 radical (unpaired) electrons. The number of nitrogens with one attached hydrogen (secondary N) is 2. The van der Waals surface area contributed by atoms with Crippen LogP contribution in [-0.4, -0.2) is 128 Å². The zero-order valence-electron chi connectivity index (χ0n) is 20.5. The number of carboxylic acids is 1. The molecule has 2 aliphatic heterocycles. The van der Waals surface area contributed by atoms with Gasteiger partial charge in [-0.1, -0.05) is 6.42 Å². The first kappa shape index (κ1) is 30.3. The summed E-state index contributed by atoms with van der Waals surface area (Å²) in [5.41, 5.74) is 6.05. The summed E-state index contributed by atoms with van der Waals surface area (Å²) in [6, 6.07) is -2.59. The van der Waals surface area contributed by atoms with E-state index in [9.17, 15) is 39.9 Å². The Kier molecular flexibility index (Phi) is 11.4. The summed E-state index contributed by atoms with van der Waals surface area (Å²) in [6.45, 7) is 1.81. The van der Waals surface area contributed by atoms with Crippen molar-refractivity contribution in [3.63, 3.8) is 0 Å². The highest BCUT2D eigenvalue weighted by Gasteiger charge is 2.52. The van der Waals surface area contributed by atoms with Crippen LogP contribution in [0.2, 0.25) is 0 Å². The molecule has 2 aliphatic rings. The fourth-order valence-corrected chi connectivity index (χ4v) is 4.44. The highest BCUT2D eigenvalue weighted by Crippen LogP contribution is 2.30. The number of ether oxygens (including phenoxy) is 1. The summed E-state index contributed by atoms with van der Waals surface area (Å²) >= 11 is 0. The smallest absolute Gasteiger partial charge is 0.325 e. The van der Waals surface area contributed by atoms with Crippen molar-refractivity contribution in [2.45, 2.75) is 93.8 Å². The molecule has 2 amide bonds. The van der Waals surface area contributed by atoms with Gasteiger partial charge < -0.3 is 56.6 Å². The van der Waals surface area contributed by atoms with Gasteiger partial charge >= 0.3 is 5.97 Å². The lowest BCUT2D eigenvalue weighted by Crippen LogP contribution is -2.65. The Labute approximate surface area is 209 Å². The minimum absolute atomic E-state index is 0.106. The van der Waals surface area contributed by atoms with Gasteiger partial charge in [-0.25, -0.2) is 0 Å². The van der Waals surface area contributed by atoms with Crippen LogP contribution >= 0.6 is 0 Å². The quantitative estimate of drug-likeness (QED) is 0.106. The Balaban J connectivity index is 1.69. The monoisotopic (exact) mass is 520 g/mol. The number of aliphatic hydroxyl groups excluding tert-OH is 4. The average Bonchev–Trinajstić information content (AvgIpc) is 3.34. The van der Waals surface area contributed by atoms with Crippen LogP contribution in [0.5, 0.6) is 0 Å². The van der Waals surface area contributed by atoms with E-state index in [0.717, 1.165) is 0 Å². The van der Waals surface area contributed by atoms with Gasteiger partial charge in [-0.2, -0.15) is 0 Å². The van der Waals surface area contributed by atoms with Crippen LogP contribution in [0.3, 0.4) is 0 Å². The predicted molar refractivity (Wildman–Crippen MR) is 124 cm³/mol. The van der Waals surface area contributed by atoms with Gasteiger partial charge in [-0.15, -0.1) is 0 Å². The molecule has 0 aliphatic carbocycles. The van der Waals surface area contributed by atoms with Crippen molar-refractivity contribution in [2.75, 3.05) is 26.2 Å². The maximum absolute atomic E-state index is 12.8. The van der Waals surface area contributed by atoms with Crippen LogP contribution in [-0.2, 0) is 19.1 Å². The molecule has 2 saturated heterocycles. The first-order valence-electron chi connectivity index (χ1n) is 12.3. The number of aliphatic carboxylic acids is 1. The first-order valence-corrected chi connectivity index (χ1v) is 12.3. The van der Waals surface area contributed by atoms with Crippen LogP contribution in [0.15, 0.2) is 0 Å². The van der Waals surface area contributed by atoms with Gasteiger partial charge in [0.1, 0.15) is 36.5 Å². The molecular weight excluding hydrogens is 480 g/mol. The molecule has 0 aromatic heterocycles. The molecule has 0 aromatic rings. The van der Waals surface area contributed by atoms with Crippen LogP contribution in [0.25, 0.3) is 0 Å². The van der Waals surface area contributed by atoms with Crippen molar-refractivity contribution >= 4 is 17.8 Å². The average molecular weight is 521 g/mol. The van der Waals surface area contributed by atoms with Crippen LogP contribution in [0.4, 0.5) is 0 Å². The minimum atomic E-state index is -2.13. The summed E-state index contributed by atoms with van der Waals surface area (Å²) in [4.78, 5) is 37.5. The highest BCUT2D eigenvalue weighted by atomic mass is 16.7. The van der Waals surface area contributed by atoms with Crippen LogP contribution < -0.4 is 16.4 Å². The van der Waals surface area contributed by atoms with Crippen molar-refractivity contribution < 1.29 is 49.8 Å². The lowest BCUT2D eigenvalue weighted by molar-refractivity contribution is -0.350. The number of hydrogen-bond donors (Lipinski definition) is 9. The molecule has 2 rings (SSSR count). The lowest BCUT2D eigenvalue weighted by atomic mass is 9.91. The molecule has 36 heavy (non-hydrogen) atoms. The van der Waals surface area contributed by atoms with Gasteiger partial charge in [0, 0.05) is 19.5 Å². The van der Waals surface area contributed by atoms with E-state index in [-0.39, 0.29) is 18.9 Å². The van der Waals surface area contributed by atoms with Gasteiger partial charge in [0.25, 0.3) is 0 Å². The van der Waals surface area contributed by atoms with Crippen molar-refractivity contribution in [3.8, 4) is 0 Å². The zero-order chi connectivity index (χ0) is 27.0. The number of rotatable bonds is 13. The largest absolute Gasteiger partial charge is 0.480 e. The van der Waals surface area contributed by atoms with E-state index >= 15 is 0 Å². The fourth-order valence-electron chi connectivity index (χ4n) is 4.44. The molecule has 0 bridgehead atoms. The molecule has 10 N–H and O–H groups in total. The Morgan fingerprint density at radius 2 is 1.86 bits per heavy atom. The van der Waals surface area contributed by atoms with Crippen LogP contribution in [0.1, 0.15) is 45.4 Å². The maximum atomic E-state index is 12.8. The fraction of sp³-hybridized carbons (Fsp3) is 0.864. The second kappa shape index (κ2) is 13.6. The molecule has 0 saturated carbocycles. The number of likely N-dealkylation sites (tertiary alicyclic amines) is 1. The SMILES string of the molecule is CC(NC(=O)C1CCCN1C(=O)C(N)CCCCNCCC1(O)OC(CO)C(O)C(O)C1O)C(=O)O. The summed E-state index contributed by atoms with van der Waals surface area (Å²) in [5.74, 6) is -4.15. The Hall–Kier alpha value is -1.91. The van der Waals surface area contributed by atoms with E-state index in [1.807, 2.05) is 0 Å². The molecular formula is C22H40N4O10. The Bertz CT molecular complexity index is 756. The van der Waals surface area contributed by atoms with Crippen molar-refractivity contribution in [2.24, 2.45) is 5.73 Å². The van der Waals surface area contributed by atoms with Gasteiger partial charge in [0.2, 0.25) is 11.8 Å². The zero-order valence-corrected chi connectivity index (χ0v) is 20.5. The van der Waals surface area contributed by atoms with E-state index in [0.29, 0.717) is 45.2 Å². The summed E-state index contributed by atoms with van der Waals surface area (Å²) in [5, 5.41) is 63.8. The molecule has 8 unspecified atom stereocenters. The standard InChI is InChI=1S/C22H40N4O10/c1-12(21(33)34)25-19(31)14-6-4-10-26(14)20(32)13(23)5-2-3-8-24-9-7-22(35)18(30)17(29)16(28)15(11-27)36-22/h12-18,24,27-30,35H,2-11,23H2,1H3,(H,25,31)(H,33,34). The van der Waals surface area contributed by atoms with Gasteiger partial charge in [0.05, 0.1) is 12.6 Å². The summed E-state index contributed by atoms with van der Waals surface area (Å²) in [7, 11) is 0. The number of nitrogens with zero attached hydrogens (tertiary/aromatic N) is 1. The Morgan fingerprint density at radius 1 is 1.17 bits per heavy atom. The number of carboxylic acid groups (broad SMARTS) is 1. The lowest BCUT2D eigenvalue weighted by Gasteiger charge is -2.45. The van der Waals surface area contributed by atoms with E-state index in [2.05, 4.69) is 10.6 Å². The number of carbonyl (C=O) groups excluding carboxylic acids is 2. The second-order valence-electron chi connectivity index (χ2n) is 9.47. The number of hydrogen-bond acceptors (Lipinski definition) is 11. The van der Waals surface area contributed by atoms with Crippen molar-refractivity contribution in [3.05, 3.63) is 0 Å². The number of aliphatic hydroxyl groups is 5. The van der Waals surface area contributed by atoms with Crippen molar-refractivity contribution in [1.82, 2.24) is 15.5 Å². The third-order valence-corrected chi connectivity index (χ3v) is 6.72. The van der Waals surface area contributed by atoms with Crippen molar-refractivity contribution in [1.29, 1.82) is 0 Å². The Morgan fingerprint density at radius 3 is 2.50 bits per heavy atom. The third-order valence-electron chi connectivity index (χ3n) is 6.72. The summed E-state index contributed by atoms with van der Waals surface area (Å²) < 4.78 is 5.20. The minimum Gasteiger partial charge on any atom is -0.480 e. The van der Waals surface area contributed by atoms with Gasteiger partial charge in [-0.05, 0) is 39.2 Å². The second-order valence-corrected chi connectivity index (χ2v) is 9.47. The van der Waals surface area contributed by atoms with E-state index in [1.165, 1.54) is 11.8 Å². The first-order chi connectivity index (χ1) is 16.9. The third kappa shape index (κ3) is 7.55. The number of carbonyl (C=O) groups is 3. The topological polar surface area (TPSA) is 235 Å². The number of nitrogens with two attached hydrogens (primary N) is 1. The molecule has 0 spiro atoms. The molecule has 14 nitrogen and oxygen atoms in total. The molecule has 0 aromatic carbocycles. The molecule has 2 fully saturated rings.